The largest absolute Gasteiger partial charge is 0.367 e. The quantitative estimate of drug-likeness (QED) is 0.856. The smallest absolute Gasteiger partial charge is 0.226 e. The summed E-state index contributed by atoms with van der Waals surface area (Å²) in [6.45, 7) is 8.36. The highest BCUT2D eigenvalue weighted by Gasteiger charge is 2.20. The third-order valence-electron chi connectivity index (χ3n) is 3.05. The number of rotatable bonds is 2. The summed E-state index contributed by atoms with van der Waals surface area (Å²) in [5.74, 6) is 0.730. The van der Waals surface area contributed by atoms with Crippen molar-refractivity contribution >= 4 is 5.88 Å². The van der Waals surface area contributed by atoms with E-state index in [1.165, 1.54) is 11.1 Å². The van der Waals surface area contributed by atoms with E-state index in [1.54, 1.807) is 0 Å². The van der Waals surface area contributed by atoms with Crippen LogP contribution < -0.4 is 5.73 Å². The van der Waals surface area contributed by atoms with Crippen LogP contribution in [0.5, 0.6) is 0 Å². The summed E-state index contributed by atoms with van der Waals surface area (Å²) >= 11 is 0. The molecule has 0 unspecified atom stereocenters. The van der Waals surface area contributed by atoms with Crippen molar-refractivity contribution in [1.82, 2.24) is 5.16 Å². The van der Waals surface area contributed by atoms with Crippen molar-refractivity contribution in [1.29, 1.82) is 0 Å². The molecule has 1 aromatic carbocycles. The lowest BCUT2D eigenvalue weighted by molar-refractivity contribution is 0.438. The maximum Gasteiger partial charge on any atom is 0.226 e. The highest BCUT2D eigenvalue weighted by molar-refractivity contribution is 5.73. The van der Waals surface area contributed by atoms with Crippen molar-refractivity contribution in [3.05, 3.63) is 34.9 Å². The van der Waals surface area contributed by atoms with Gasteiger partial charge in [-0.2, -0.15) is 0 Å². The van der Waals surface area contributed by atoms with Crippen molar-refractivity contribution in [2.24, 2.45) is 0 Å². The molecule has 17 heavy (non-hydrogen) atoms. The van der Waals surface area contributed by atoms with Gasteiger partial charge in [-0.1, -0.05) is 37.2 Å². The van der Waals surface area contributed by atoms with Crippen LogP contribution in [0.3, 0.4) is 0 Å². The number of aryl methyl sites for hydroxylation is 2. The monoisotopic (exact) mass is 230 g/mol. The molecule has 0 aliphatic rings. The second kappa shape index (κ2) is 4.24. The summed E-state index contributed by atoms with van der Waals surface area (Å²) in [5.41, 5.74) is 11.3. The van der Waals surface area contributed by atoms with E-state index in [-0.39, 0.29) is 0 Å². The summed E-state index contributed by atoms with van der Waals surface area (Å²) in [6.07, 6.45) is 0. The van der Waals surface area contributed by atoms with Crippen LogP contribution in [-0.4, -0.2) is 5.16 Å². The molecule has 1 aromatic heterocycles. The highest BCUT2D eigenvalue weighted by atomic mass is 16.5. The zero-order valence-corrected chi connectivity index (χ0v) is 10.7. The fourth-order valence-corrected chi connectivity index (χ4v) is 2.24. The van der Waals surface area contributed by atoms with Crippen molar-refractivity contribution in [3.8, 4) is 11.3 Å². The zero-order chi connectivity index (χ0) is 12.6. The summed E-state index contributed by atoms with van der Waals surface area (Å²) in [4.78, 5) is 0. The Bertz CT molecular complexity index is 521. The van der Waals surface area contributed by atoms with Crippen LogP contribution in [0.1, 0.15) is 36.5 Å². The third kappa shape index (κ3) is 1.93. The first kappa shape index (κ1) is 11.7. The Labute approximate surface area is 102 Å². The minimum Gasteiger partial charge on any atom is -0.367 e. The number of benzene rings is 1. The predicted molar refractivity (Wildman–Crippen MR) is 69.9 cm³/mol. The minimum absolute atomic E-state index is 0.301. The minimum atomic E-state index is 0.301. The fourth-order valence-electron chi connectivity index (χ4n) is 2.24. The predicted octanol–water partition coefficient (Wildman–Crippen LogP) is 3.66. The Kier molecular flexibility index (Phi) is 2.92. The van der Waals surface area contributed by atoms with Gasteiger partial charge >= 0.3 is 0 Å². The Morgan fingerprint density at radius 1 is 1.18 bits per heavy atom. The second-order valence-corrected chi connectivity index (χ2v) is 4.73. The molecule has 0 aliphatic carbocycles. The lowest BCUT2D eigenvalue weighted by Crippen LogP contribution is -1.97. The molecule has 3 nitrogen and oxygen atoms in total. The molecule has 0 bridgehead atoms. The fraction of sp³-hybridized carbons (Fsp3) is 0.357. The van der Waals surface area contributed by atoms with Crippen LogP contribution in [-0.2, 0) is 0 Å². The number of nitrogen functional groups attached to an aromatic ring is 1. The van der Waals surface area contributed by atoms with Crippen LogP contribution in [0.4, 0.5) is 5.88 Å². The average molecular weight is 230 g/mol. The van der Waals surface area contributed by atoms with E-state index < -0.39 is 0 Å². The maximum atomic E-state index is 5.85. The molecule has 0 fully saturated rings. The van der Waals surface area contributed by atoms with Gasteiger partial charge in [0.1, 0.15) is 5.69 Å². The van der Waals surface area contributed by atoms with Gasteiger partial charge in [0.2, 0.25) is 5.88 Å². The summed E-state index contributed by atoms with van der Waals surface area (Å²) in [5, 5.41) is 4.13. The molecular weight excluding hydrogens is 212 g/mol. The molecule has 90 valence electrons. The van der Waals surface area contributed by atoms with Crippen molar-refractivity contribution in [3.63, 3.8) is 0 Å². The van der Waals surface area contributed by atoms with Crippen molar-refractivity contribution < 1.29 is 4.52 Å². The van der Waals surface area contributed by atoms with Gasteiger partial charge in [-0.15, -0.1) is 0 Å². The van der Waals surface area contributed by atoms with E-state index in [1.807, 2.05) is 6.07 Å². The van der Waals surface area contributed by atoms with E-state index in [4.69, 9.17) is 10.3 Å². The third-order valence-corrected chi connectivity index (χ3v) is 3.05. The lowest BCUT2D eigenvalue weighted by Gasteiger charge is -2.10. The number of nitrogens with zero attached hydrogens (tertiary/aromatic N) is 1. The molecular formula is C14H18N2O. The zero-order valence-electron chi connectivity index (χ0n) is 10.7. The van der Waals surface area contributed by atoms with Gasteiger partial charge in [-0.05, 0) is 30.9 Å². The first-order valence-corrected chi connectivity index (χ1v) is 5.84. The van der Waals surface area contributed by atoms with E-state index in [9.17, 15) is 0 Å². The number of anilines is 1. The summed E-state index contributed by atoms with van der Waals surface area (Å²) in [7, 11) is 0. The van der Waals surface area contributed by atoms with Gasteiger partial charge in [0.25, 0.3) is 0 Å². The SMILES string of the molecule is Cc1cccc(C)c1-c1noc(N)c1C(C)C. The number of nitrogens with two attached hydrogens (primary N) is 1. The van der Waals surface area contributed by atoms with Crippen LogP contribution in [0, 0.1) is 13.8 Å². The van der Waals surface area contributed by atoms with Gasteiger partial charge in [-0.25, -0.2) is 0 Å². The molecule has 2 aromatic rings. The molecule has 0 radical (unpaired) electrons. The van der Waals surface area contributed by atoms with Gasteiger partial charge in [0, 0.05) is 11.1 Å². The molecule has 2 rings (SSSR count). The second-order valence-electron chi connectivity index (χ2n) is 4.73. The number of hydrogen-bond donors (Lipinski definition) is 1. The highest BCUT2D eigenvalue weighted by Crippen LogP contribution is 2.35. The Balaban J connectivity index is 2.69. The van der Waals surface area contributed by atoms with Gasteiger partial charge < -0.3 is 10.3 Å². The summed E-state index contributed by atoms with van der Waals surface area (Å²) < 4.78 is 5.15. The van der Waals surface area contributed by atoms with E-state index in [0.717, 1.165) is 16.8 Å². The number of hydrogen-bond acceptors (Lipinski definition) is 3. The standard InChI is InChI=1S/C14H18N2O/c1-8(2)11-13(16-17-14(11)15)12-9(3)6-5-7-10(12)4/h5-8H,15H2,1-4H3. The molecule has 0 amide bonds. The topological polar surface area (TPSA) is 52.0 Å². The normalized spacial score (nSPS) is 11.1. The van der Waals surface area contributed by atoms with Crippen molar-refractivity contribution in [2.75, 3.05) is 5.73 Å². The van der Waals surface area contributed by atoms with Crippen LogP contribution in [0.2, 0.25) is 0 Å². The Morgan fingerprint density at radius 3 is 2.29 bits per heavy atom. The van der Waals surface area contributed by atoms with Crippen LogP contribution in [0.25, 0.3) is 11.3 Å². The Morgan fingerprint density at radius 2 is 1.76 bits per heavy atom. The molecule has 3 heteroatoms. The molecule has 0 saturated heterocycles. The molecule has 0 spiro atoms. The molecule has 0 saturated carbocycles. The number of aromatic nitrogens is 1. The molecule has 1 heterocycles. The summed E-state index contributed by atoms with van der Waals surface area (Å²) in [6, 6.07) is 6.21. The maximum absolute atomic E-state index is 5.85. The van der Waals surface area contributed by atoms with Gasteiger partial charge in [-0.3, -0.25) is 0 Å². The van der Waals surface area contributed by atoms with E-state index in [2.05, 4.69) is 45.0 Å². The molecule has 2 N–H and O–H groups in total. The lowest BCUT2D eigenvalue weighted by atomic mass is 9.93. The Hall–Kier alpha value is -1.77. The van der Waals surface area contributed by atoms with E-state index in [0.29, 0.717) is 11.8 Å². The van der Waals surface area contributed by atoms with Crippen molar-refractivity contribution in [2.45, 2.75) is 33.6 Å². The first-order valence-electron chi connectivity index (χ1n) is 5.84. The first-order chi connectivity index (χ1) is 8.02. The van der Waals surface area contributed by atoms with Crippen LogP contribution >= 0.6 is 0 Å². The average Bonchev–Trinajstić information content (AvgIpc) is 2.60. The van der Waals surface area contributed by atoms with Crippen LogP contribution in [0.15, 0.2) is 22.7 Å². The molecule has 0 atom stereocenters. The van der Waals surface area contributed by atoms with Gasteiger partial charge in [0.05, 0.1) is 0 Å². The molecule has 0 aliphatic heterocycles. The van der Waals surface area contributed by atoms with E-state index >= 15 is 0 Å². The van der Waals surface area contributed by atoms with Gasteiger partial charge in [0.15, 0.2) is 0 Å².